The van der Waals surface area contributed by atoms with E-state index in [0.717, 1.165) is 18.4 Å². The number of rotatable bonds is 6. The normalized spacial score (nSPS) is 17.9. The molecule has 5 heteroatoms. The highest BCUT2D eigenvalue weighted by molar-refractivity contribution is 7.89. The van der Waals surface area contributed by atoms with Gasteiger partial charge in [-0.25, -0.2) is 13.1 Å². The largest absolute Gasteiger partial charge is 0.394 e. The molecule has 0 heterocycles. The third-order valence-electron chi connectivity index (χ3n) is 2.86. The summed E-state index contributed by atoms with van der Waals surface area (Å²) in [5, 5.41) is 9.27. The van der Waals surface area contributed by atoms with Crippen LogP contribution >= 0.6 is 0 Å². The van der Waals surface area contributed by atoms with Crippen molar-refractivity contribution in [3.63, 3.8) is 0 Å². The van der Waals surface area contributed by atoms with E-state index in [4.69, 9.17) is 0 Å². The molecular weight excluding hydrogens is 238 g/mol. The lowest BCUT2D eigenvalue weighted by Gasteiger charge is -2.16. The number of hydrogen-bond donors (Lipinski definition) is 2. The predicted molar refractivity (Wildman–Crippen MR) is 65.9 cm³/mol. The maximum absolute atomic E-state index is 11.8. The average molecular weight is 255 g/mol. The highest BCUT2D eigenvalue weighted by Gasteiger charge is 2.29. The van der Waals surface area contributed by atoms with Crippen LogP contribution in [0.5, 0.6) is 0 Å². The van der Waals surface area contributed by atoms with Crippen molar-refractivity contribution in [2.24, 2.45) is 5.92 Å². The van der Waals surface area contributed by atoms with Gasteiger partial charge in [-0.15, -0.1) is 0 Å². The van der Waals surface area contributed by atoms with Crippen LogP contribution in [0.15, 0.2) is 30.3 Å². The van der Waals surface area contributed by atoms with Crippen LogP contribution in [0.1, 0.15) is 24.4 Å². The van der Waals surface area contributed by atoms with Gasteiger partial charge >= 0.3 is 0 Å². The van der Waals surface area contributed by atoms with Gasteiger partial charge in [0, 0.05) is 0 Å². The number of aliphatic hydroxyl groups excluding tert-OH is 1. The minimum Gasteiger partial charge on any atom is -0.394 e. The molecule has 0 spiro atoms. The van der Waals surface area contributed by atoms with Gasteiger partial charge in [0.25, 0.3) is 0 Å². The van der Waals surface area contributed by atoms with Crippen molar-refractivity contribution < 1.29 is 13.5 Å². The number of aliphatic hydroxyl groups is 1. The Morgan fingerprint density at radius 3 is 2.47 bits per heavy atom. The molecule has 0 aliphatic heterocycles. The van der Waals surface area contributed by atoms with Crippen LogP contribution in [0.4, 0.5) is 0 Å². The molecule has 0 amide bonds. The highest BCUT2D eigenvalue weighted by Crippen LogP contribution is 2.30. The lowest BCUT2D eigenvalue weighted by molar-refractivity contribution is 0.259. The van der Waals surface area contributed by atoms with Crippen LogP contribution in [0, 0.1) is 5.92 Å². The summed E-state index contributed by atoms with van der Waals surface area (Å²) in [6, 6.07) is 8.58. The first kappa shape index (κ1) is 12.5. The standard InChI is InChI=1S/C12H17NO3S/c14-8-12(11-4-2-1-3-5-11)13-17(15,16)9-10-6-7-10/h1-5,10,12-14H,6-9H2/t12-/m1/s1. The van der Waals surface area contributed by atoms with E-state index in [0.29, 0.717) is 5.92 Å². The van der Waals surface area contributed by atoms with E-state index in [1.165, 1.54) is 0 Å². The lowest BCUT2D eigenvalue weighted by atomic mass is 10.1. The molecule has 1 aromatic rings. The van der Waals surface area contributed by atoms with Crippen molar-refractivity contribution in [1.82, 2.24) is 4.72 Å². The van der Waals surface area contributed by atoms with Gasteiger partial charge in [-0.3, -0.25) is 0 Å². The fourth-order valence-corrected chi connectivity index (χ4v) is 3.45. The van der Waals surface area contributed by atoms with Gasteiger partial charge in [-0.2, -0.15) is 0 Å². The fraction of sp³-hybridized carbons (Fsp3) is 0.500. The molecule has 4 nitrogen and oxygen atoms in total. The van der Waals surface area contributed by atoms with Crippen molar-refractivity contribution >= 4 is 10.0 Å². The highest BCUT2D eigenvalue weighted by atomic mass is 32.2. The minimum atomic E-state index is -3.29. The summed E-state index contributed by atoms with van der Waals surface area (Å²) < 4.78 is 26.2. The molecule has 0 unspecified atom stereocenters. The van der Waals surface area contributed by atoms with E-state index in [2.05, 4.69) is 4.72 Å². The molecule has 1 aliphatic carbocycles. The summed E-state index contributed by atoms with van der Waals surface area (Å²) in [7, 11) is -3.29. The zero-order valence-electron chi connectivity index (χ0n) is 9.54. The van der Waals surface area contributed by atoms with Crippen molar-refractivity contribution in [1.29, 1.82) is 0 Å². The molecule has 94 valence electrons. The molecule has 17 heavy (non-hydrogen) atoms. The number of nitrogens with one attached hydrogen (secondary N) is 1. The van der Waals surface area contributed by atoms with Crippen LogP contribution in [0.3, 0.4) is 0 Å². The summed E-state index contributed by atoms with van der Waals surface area (Å²) >= 11 is 0. The van der Waals surface area contributed by atoms with Gasteiger partial charge in [-0.1, -0.05) is 30.3 Å². The molecule has 0 bridgehead atoms. The number of hydrogen-bond acceptors (Lipinski definition) is 3. The van der Waals surface area contributed by atoms with E-state index in [9.17, 15) is 13.5 Å². The monoisotopic (exact) mass is 255 g/mol. The third-order valence-corrected chi connectivity index (χ3v) is 4.41. The van der Waals surface area contributed by atoms with Crippen molar-refractivity contribution in [3.8, 4) is 0 Å². The van der Waals surface area contributed by atoms with Crippen LogP contribution < -0.4 is 4.72 Å². The first-order chi connectivity index (χ1) is 8.11. The number of benzene rings is 1. The molecule has 1 saturated carbocycles. The maximum Gasteiger partial charge on any atom is 0.212 e. The second-order valence-corrected chi connectivity index (χ2v) is 6.29. The first-order valence-electron chi connectivity index (χ1n) is 5.76. The minimum absolute atomic E-state index is 0.177. The summed E-state index contributed by atoms with van der Waals surface area (Å²) in [4.78, 5) is 0. The Kier molecular flexibility index (Phi) is 3.81. The SMILES string of the molecule is O=S(=O)(CC1CC1)N[C@H](CO)c1ccccc1. The molecule has 1 fully saturated rings. The Bertz CT molecular complexity index is 454. The van der Waals surface area contributed by atoms with Gasteiger partial charge in [0.1, 0.15) is 0 Å². The van der Waals surface area contributed by atoms with Crippen molar-refractivity contribution in [3.05, 3.63) is 35.9 Å². The second kappa shape index (κ2) is 5.16. The van der Waals surface area contributed by atoms with E-state index >= 15 is 0 Å². The van der Waals surface area contributed by atoms with Crippen LogP contribution in [-0.2, 0) is 10.0 Å². The van der Waals surface area contributed by atoms with E-state index < -0.39 is 16.1 Å². The van der Waals surface area contributed by atoms with Crippen molar-refractivity contribution in [2.45, 2.75) is 18.9 Å². The molecule has 0 radical (unpaired) electrons. The molecule has 1 atom stereocenters. The Hall–Kier alpha value is -0.910. The maximum atomic E-state index is 11.8. The lowest BCUT2D eigenvalue weighted by Crippen LogP contribution is -2.33. The van der Waals surface area contributed by atoms with Gasteiger partial charge in [0.15, 0.2) is 0 Å². The molecule has 1 aliphatic rings. The van der Waals surface area contributed by atoms with E-state index in [1.54, 1.807) is 12.1 Å². The molecule has 0 aromatic heterocycles. The van der Waals surface area contributed by atoms with Crippen LogP contribution in [-0.4, -0.2) is 25.9 Å². The van der Waals surface area contributed by atoms with Crippen molar-refractivity contribution in [2.75, 3.05) is 12.4 Å². The Balaban J connectivity index is 2.04. The third kappa shape index (κ3) is 3.80. The summed E-state index contributed by atoms with van der Waals surface area (Å²) in [6.45, 7) is -0.228. The predicted octanol–water partition coefficient (Wildman–Crippen LogP) is 1.05. The molecule has 0 saturated heterocycles. The first-order valence-corrected chi connectivity index (χ1v) is 7.42. The molecule has 2 rings (SSSR count). The fourth-order valence-electron chi connectivity index (χ4n) is 1.76. The Morgan fingerprint density at radius 2 is 1.94 bits per heavy atom. The van der Waals surface area contributed by atoms with Gasteiger partial charge in [-0.05, 0) is 24.3 Å². The smallest absolute Gasteiger partial charge is 0.212 e. The van der Waals surface area contributed by atoms with Crippen LogP contribution in [0.2, 0.25) is 0 Å². The quantitative estimate of drug-likeness (QED) is 0.798. The molecule has 1 aromatic carbocycles. The van der Waals surface area contributed by atoms with Gasteiger partial charge in [0.05, 0.1) is 18.4 Å². The average Bonchev–Trinajstić information content (AvgIpc) is 3.10. The Morgan fingerprint density at radius 1 is 1.29 bits per heavy atom. The number of sulfonamides is 1. The summed E-state index contributed by atoms with van der Waals surface area (Å²) in [5.41, 5.74) is 0.786. The van der Waals surface area contributed by atoms with Crippen LogP contribution in [0.25, 0.3) is 0 Å². The topological polar surface area (TPSA) is 66.4 Å². The van der Waals surface area contributed by atoms with E-state index in [1.807, 2.05) is 18.2 Å². The zero-order chi connectivity index (χ0) is 12.3. The van der Waals surface area contributed by atoms with Gasteiger partial charge < -0.3 is 5.11 Å². The van der Waals surface area contributed by atoms with E-state index in [-0.39, 0.29) is 12.4 Å². The molecular formula is C12H17NO3S. The summed E-state index contributed by atoms with van der Waals surface area (Å²) in [6.07, 6.45) is 1.99. The zero-order valence-corrected chi connectivity index (χ0v) is 10.4. The second-order valence-electron chi connectivity index (χ2n) is 4.49. The molecule has 2 N–H and O–H groups in total. The van der Waals surface area contributed by atoms with Gasteiger partial charge in [0.2, 0.25) is 10.0 Å². The summed E-state index contributed by atoms with van der Waals surface area (Å²) in [5.74, 6) is 0.485. The Labute approximate surface area is 102 Å².